The molecule has 0 atom stereocenters. The smallest absolute Gasteiger partial charge is 0.348 e. The Balaban J connectivity index is 3.38. The first-order valence-electron chi connectivity index (χ1n) is 4.45. The number of esters is 2. The van der Waals surface area contributed by atoms with E-state index in [0.29, 0.717) is 0 Å². The molecule has 7 heteroatoms. The summed E-state index contributed by atoms with van der Waals surface area (Å²) < 4.78 is 30.6. The average molecular weight is 256 g/mol. The topological polar surface area (TPSA) is 86.7 Å². The number of ether oxygens (including phenoxy) is 2. The highest BCUT2D eigenvalue weighted by Gasteiger charge is 2.15. The van der Waals surface area contributed by atoms with Crippen LogP contribution in [0.1, 0.15) is 20.7 Å². The highest BCUT2D eigenvalue weighted by Crippen LogP contribution is 2.12. The molecule has 0 bridgehead atoms. The van der Waals surface area contributed by atoms with E-state index in [2.05, 4.69) is 9.47 Å². The van der Waals surface area contributed by atoms with E-state index in [9.17, 15) is 18.7 Å². The normalized spacial score (nSPS) is 9.53. The minimum absolute atomic E-state index is 0.0235. The summed E-state index contributed by atoms with van der Waals surface area (Å²) in [5, 5.41) is -0.150. The van der Waals surface area contributed by atoms with Gasteiger partial charge in [0.1, 0.15) is 0 Å². The number of methoxy groups -OCH3 is 2. The van der Waals surface area contributed by atoms with Crippen molar-refractivity contribution >= 4 is 24.9 Å². The van der Waals surface area contributed by atoms with Gasteiger partial charge in [-0.05, 0) is 18.2 Å². The van der Waals surface area contributed by atoms with Gasteiger partial charge in [-0.25, -0.2) is 18.7 Å². The molecule has 0 fully saturated rings. The first-order chi connectivity index (χ1) is 7.99. The molecule has 0 aliphatic heterocycles. The minimum atomic E-state index is -2.90. The lowest BCUT2D eigenvalue weighted by molar-refractivity contribution is 0.0599. The Labute approximate surface area is 97.4 Å². The molecule has 0 heterocycles. The number of benzene rings is 1. The predicted molar refractivity (Wildman–Crippen MR) is 57.0 cm³/mol. The Bertz CT molecular complexity index is 489. The average Bonchev–Trinajstić information content (AvgIpc) is 2.36. The molecule has 0 saturated carbocycles. The van der Waals surface area contributed by atoms with Crippen LogP contribution in [0, 0.1) is 0 Å². The molecule has 0 aliphatic rings. The van der Waals surface area contributed by atoms with Gasteiger partial charge in [-0.2, -0.15) is 0 Å². The molecule has 0 N–H and O–H groups in total. The van der Waals surface area contributed by atoms with Gasteiger partial charge in [0.15, 0.2) is 0 Å². The summed E-state index contributed by atoms with van der Waals surface area (Å²) in [7, 11) is -0.590. The van der Waals surface area contributed by atoms with Gasteiger partial charge in [-0.15, -0.1) is 0 Å². The van der Waals surface area contributed by atoms with E-state index in [1.165, 1.54) is 6.07 Å². The largest absolute Gasteiger partial charge is 0.465 e. The maximum absolute atomic E-state index is 11.3. The standard InChI is InChI=1S/C10H9O6P/c1-15-9(11)6-3-7(10(12)16-2)5-8(4-6)17(13)14/h3-5H,1-2H3. The predicted octanol–water partition coefficient (Wildman–Crippen LogP) is 1.06. The van der Waals surface area contributed by atoms with E-state index < -0.39 is 19.6 Å². The van der Waals surface area contributed by atoms with Crippen LogP contribution in [0.3, 0.4) is 0 Å². The monoisotopic (exact) mass is 256 g/mol. The second-order valence-corrected chi connectivity index (χ2v) is 4.04. The van der Waals surface area contributed by atoms with Crippen LogP contribution in [0.25, 0.3) is 0 Å². The van der Waals surface area contributed by atoms with Crippen LogP contribution in [0.2, 0.25) is 0 Å². The van der Waals surface area contributed by atoms with Gasteiger partial charge in [-0.3, -0.25) is 0 Å². The van der Waals surface area contributed by atoms with E-state index in [0.717, 1.165) is 26.4 Å². The molecule has 0 amide bonds. The minimum Gasteiger partial charge on any atom is -0.465 e. The van der Waals surface area contributed by atoms with Crippen LogP contribution in [0.4, 0.5) is 0 Å². The number of hydrogen-bond donors (Lipinski definition) is 0. The molecule has 6 nitrogen and oxygen atoms in total. The fourth-order valence-corrected chi connectivity index (χ4v) is 1.68. The summed E-state index contributed by atoms with van der Waals surface area (Å²) in [5.41, 5.74) is -0.0470. The zero-order valence-electron chi connectivity index (χ0n) is 9.13. The summed E-state index contributed by atoms with van der Waals surface area (Å²) in [6, 6.07) is 3.47. The lowest BCUT2D eigenvalue weighted by Gasteiger charge is -2.03. The number of carbonyl (C=O) groups excluding carboxylic acids is 2. The SMILES string of the molecule is COC(=O)c1cc(C(=O)OC)cc(P(=O)=O)c1. The molecule has 1 rings (SSSR count). The lowest BCUT2D eigenvalue weighted by atomic mass is 10.1. The summed E-state index contributed by atoms with van der Waals surface area (Å²) in [4.78, 5) is 22.6. The van der Waals surface area contributed by atoms with Gasteiger partial charge >= 0.3 is 19.6 Å². The van der Waals surface area contributed by atoms with E-state index in [1.54, 1.807) is 0 Å². The Morgan fingerprint density at radius 2 is 1.35 bits per heavy atom. The van der Waals surface area contributed by atoms with Gasteiger partial charge in [0, 0.05) is 0 Å². The zero-order valence-corrected chi connectivity index (χ0v) is 10.0. The van der Waals surface area contributed by atoms with E-state index in [1.807, 2.05) is 0 Å². The first kappa shape index (κ1) is 13.1. The Kier molecular flexibility index (Phi) is 4.17. The first-order valence-corrected chi connectivity index (χ1v) is 5.63. The van der Waals surface area contributed by atoms with Crippen LogP contribution in [0.15, 0.2) is 18.2 Å². The van der Waals surface area contributed by atoms with Gasteiger partial charge in [0.25, 0.3) is 0 Å². The Morgan fingerprint density at radius 1 is 0.941 bits per heavy atom. The third-order valence-corrected chi connectivity index (χ3v) is 2.65. The highest BCUT2D eigenvalue weighted by molar-refractivity contribution is 7.40. The molecular weight excluding hydrogens is 247 g/mol. The van der Waals surface area contributed by atoms with Crippen molar-refractivity contribution in [2.24, 2.45) is 0 Å². The van der Waals surface area contributed by atoms with Crippen molar-refractivity contribution in [3.63, 3.8) is 0 Å². The van der Waals surface area contributed by atoms with Crippen LogP contribution in [-0.4, -0.2) is 26.2 Å². The van der Waals surface area contributed by atoms with Crippen molar-refractivity contribution in [3.8, 4) is 0 Å². The highest BCUT2D eigenvalue weighted by atomic mass is 31.1. The molecule has 0 radical (unpaired) electrons. The fourth-order valence-electron chi connectivity index (χ4n) is 1.19. The van der Waals surface area contributed by atoms with Crippen molar-refractivity contribution < 1.29 is 28.2 Å². The zero-order chi connectivity index (χ0) is 13.0. The van der Waals surface area contributed by atoms with Crippen molar-refractivity contribution in [3.05, 3.63) is 29.3 Å². The number of rotatable bonds is 3. The number of carbonyl (C=O) groups is 2. The molecule has 1 aromatic carbocycles. The van der Waals surface area contributed by atoms with Crippen LogP contribution < -0.4 is 5.30 Å². The van der Waals surface area contributed by atoms with Gasteiger partial charge < -0.3 is 9.47 Å². The summed E-state index contributed by atoms with van der Waals surface area (Å²) in [6.45, 7) is 0. The van der Waals surface area contributed by atoms with E-state index >= 15 is 0 Å². The lowest BCUT2D eigenvalue weighted by Crippen LogP contribution is -2.11. The van der Waals surface area contributed by atoms with Crippen LogP contribution in [0.5, 0.6) is 0 Å². The molecule has 0 saturated heterocycles. The maximum Gasteiger partial charge on any atom is 0.348 e. The molecular formula is C10H9O6P. The van der Waals surface area contributed by atoms with Crippen molar-refractivity contribution in [2.75, 3.05) is 14.2 Å². The van der Waals surface area contributed by atoms with Crippen molar-refractivity contribution in [1.29, 1.82) is 0 Å². The van der Waals surface area contributed by atoms with Gasteiger partial charge in [0.2, 0.25) is 0 Å². The third kappa shape index (κ3) is 3.01. The quantitative estimate of drug-likeness (QED) is 0.593. The van der Waals surface area contributed by atoms with Crippen molar-refractivity contribution in [1.82, 2.24) is 0 Å². The molecule has 0 aromatic heterocycles. The summed E-state index contributed by atoms with van der Waals surface area (Å²) >= 11 is 0. The Morgan fingerprint density at radius 3 is 1.65 bits per heavy atom. The molecule has 1 aromatic rings. The maximum atomic E-state index is 11.3. The molecule has 90 valence electrons. The second kappa shape index (κ2) is 5.41. The second-order valence-electron chi connectivity index (χ2n) is 3.01. The van der Waals surface area contributed by atoms with Gasteiger partial charge in [-0.1, -0.05) is 0 Å². The van der Waals surface area contributed by atoms with Crippen LogP contribution in [-0.2, 0) is 18.6 Å². The molecule has 0 spiro atoms. The Hall–Kier alpha value is -1.94. The fraction of sp³-hybridized carbons (Fsp3) is 0.200. The summed E-state index contributed by atoms with van der Waals surface area (Å²) in [6.07, 6.45) is 0. The van der Waals surface area contributed by atoms with Gasteiger partial charge in [0.05, 0.1) is 30.7 Å². The summed E-state index contributed by atoms with van der Waals surface area (Å²) in [5.74, 6) is -1.46. The van der Waals surface area contributed by atoms with Crippen LogP contribution >= 0.6 is 7.68 Å². The van der Waals surface area contributed by atoms with E-state index in [4.69, 9.17) is 0 Å². The molecule has 0 aliphatic carbocycles. The third-order valence-electron chi connectivity index (χ3n) is 1.97. The van der Waals surface area contributed by atoms with E-state index in [-0.39, 0.29) is 16.4 Å². The molecule has 0 unspecified atom stereocenters. The van der Waals surface area contributed by atoms with Crippen molar-refractivity contribution in [2.45, 2.75) is 0 Å². The number of hydrogen-bond acceptors (Lipinski definition) is 6. The molecule has 17 heavy (non-hydrogen) atoms.